The first-order chi connectivity index (χ1) is 17.9. The van der Waals surface area contributed by atoms with Crippen molar-refractivity contribution in [3.8, 4) is 23.1 Å². The number of furan rings is 1. The van der Waals surface area contributed by atoms with Gasteiger partial charge < -0.3 is 20.2 Å². The average molecular weight is 536 g/mol. The van der Waals surface area contributed by atoms with Crippen LogP contribution in [0.5, 0.6) is 5.75 Å². The Kier molecular flexibility index (Phi) is 6.94. The number of rotatable bonds is 7. The van der Waals surface area contributed by atoms with Crippen molar-refractivity contribution in [3.05, 3.63) is 70.0 Å². The van der Waals surface area contributed by atoms with E-state index in [1.807, 2.05) is 35.2 Å². The van der Waals surface area contributed by atoms with E-state index in [1.165, 1.54) is 13.3 Å². The Morgan fingerprint density at radius 3 is 2.86 bits per heavy atom. The van der Waals surface area contributed by atoms with Crippen LogP contribution in [-0.4, -0.2) is 35.5 Å². The Bertz CT molecular complexity index is 1550. The molecule has 5 rings (SSSR count). The van der Waals surface area contributed by atoms with Gasteiger partial charge >= 0.3 is 0 Å². The summed E-state index contributed by atoms with van der Waals surface area (Å²) in [6, 6.07) is 14.7. The number of pyridine rings is 1. The van der Waals surface area contributed by atoms with Crippen LogP contribution in [0.4, 0.5) is 11.4 Å². The smallest absolute Gasteiger partial charge is 0.234 e. The molecular weight excluding hydrogens is 513 g/mol. The number of aromatic nitrogens is 1. The largest absolute Gasteiger partial charge is 0.495 e. The molecule has 4 aromatic rings. The van der Waals surface area contributed by atoms with Gasteiger partial charge in [0, 0.05) is 23.2 Å². The van der Waals surface area contributed by atoms with Gasteiger partial charge in [0.25, 0.3) is 0 Å². The molecule has 10 heteroatoms. The van der Waals surface area contributed by atoms with Crippen LogP contribution in [-0.2, 0) is 11.3 Å². The number of ether oxygens (including phenoxy) is 1. The summed E-state index contributed by atoms with van der Waals surface area (Å²) in [4.78, 5) is 18.2. The molecule has 1 amide bonds. The number of nitrogens with one attached hydrogen (secondary N) is 1. The van der Waals surface area contributed by atoms with Crippen LogP contribution in [0.25, 0.3) is 22.2 Å². The van der Waals surface area contributed by atoms with Gasteiger partial charge in [0.05, 0.1) is 52.2 Å². The number of nitrogens with zero attached hydrogens (tertiary/aromatic N) is 3. The number of methoxy groups -OCH3 is 1. The standard InChI is InChI=1S/C27H23Cl2N5O3/c1-36-25-11-22(19(28)10-20(25)29)33-26-16(12-30)13-32-21-9-15(4-6-18(21)26)24-7-5-17(37-24)14-34-8-2-3-23(34)27(31)35/h4-7,9-11,13,23H,2-3,8,14H2,1H3,(H2,31,35)(H,32,33)/t23-/m1/s1. The van der Waals surface area contributed by atoms with Gasteiger partial charge in [-0.2, -0.15) is 5.26 Å². The molecule has 2 aromatic heterocycles. The molecule has 1 aliphatic heterocycles. The van der Waals surface area contributed by atoms with Crippen LogP contribution in [0.3, 0.4) is 0 Å². The summed E-state index contributed by atoms with van der Waals surface area (Å²) in [5, 5.41) is 14.5. The highest BCUT2D eigenvalue weighted by molar-refractivity contribution is 6.37. The summed E-state index contributed by atoms with van der Waals surface area (Å²) >= 11 is 12.6. The number of hydrogen-bond acceptors (Lipinski definition) is 7. The van der Waals surface area contributed by atoms with E-state index in [2.05, 4.69) is 16.4 Å². The van der Waals surface area contributed by atoms with Crippen LogP contribution in [0, 0.1) is 11.3 Å². The van der Waals surface area contributed by atoms with E-state index in [-0.39, 0.29) is 11.9 Å². The number of primary amides is 1. The summed E-state index contributed by atoms with van der Waals surface area (Å²) in [6.45, 7) is 1.33. The fraction of sp³-hybridized carbons (Fsp3) is 0.222. The van der Waals surface area contributed by atoms with E-state index < -0.39 is 0 Å². The van der Waals surface area contributed by atoms with Crippen molar-refractivity contribution in [1.29, 1.82) is 5.26 Å². The number of carbonyl (C=O) groups is 1. The van der Waals surface area contributed by atoms with E-state index in [9.17, 15) is 10.1 Å². The summed E-state index contributed by atoms with van der Waals surface area (Å²) in [5.74, 6) is 1.59. The molecule has 0 spiro atoms. The van der Waals surface area contributed by atoms with Crippen molar-refractivity contribution in [2.75, 3.05) is 19.0 Å². The average Bonchev–Trinajstić information content (AvgIpc) is 3.55. The van der Waals surface area contributed by atoms with Crippen LogP contribution in [0.15, 0.2) is 53.1 Å². The number of nitriles is 1. The van der Waals surface area contributed by atoms with Gasteiger partial charge in [0.1, 0.15) is 23.3 Å². The molecule has 0 unspecified atom stereocenters. The predicted molar refractivity (Wildman–Crippen MR) is 143 cm³/mol. The third kappa shape index (κ3) is 4.94. The quantitative estimate of drug-likeness (QED) is 0.303. The van der Waals surface area contributed by atoms with Crippen LogP contribution >= 0.6 is 23.2 Å². The van der Waals surface area contributed by atoms with Crippen molar-refractivity contribution < 1.29 is 13.9 Å². The molecule has 3 heterocycles. The number of amides is 1. The molecule has 0 saturated carbocycles. The van der Waals surface area contributed by atoms with Gasteiger partial charge in [-0.05, 0) is 49.7 Å². The first kappa shape index (κ1) is 24.9. The fourth-order valence-corrected chi connectivity index (χ4v) is 5.15. The van der Waals surface area contributed by atoms with Crippen molar-refractivity contribution in [2.24, 2.45) is 5.73 Å². The van der Waals surface area contributed by atoms with Crippen LogP contribution < -0.4 is 15.8 Å². The molecule has 0 radical (unpaired) electrons. The molecule has 188 valence electrons. The van der Waals surface area contributed by atoms with Gasteiger partial charge in [-0.3, -0.25) is 14.7 Å². The lowest BCUT2D eigenvalue weighted by Crippen LogP contribution is -2.39. The fourth-order valence-electron chi connectivity index (χ4n) is 4.64. The molecule has 37 heavy (non-hydrogen) atoms. The zero-order valence-electron chi connectivity index (χ0n) is 19.9. The third-order valence-electron chi connectivity index (χ3n) is 6.49. The van der Waals surface area contributed by atoms with Crippen molar-refractivity contribution in [3.63, 3.8) is 0 Å². The minimum atomic E-state index is -0.302. The Morgan fingerprint density at radius 1 is 1.27 bits per heavy atom. The third-order valence-corrected chi connectivity index (χ3v) is 7.10. The molecule has 0 bridgehead atoms. The lowest BCUT2D eigenvalue weighted by molar-refractivity contribution is -0.122. The van der Waals surface area contributed by atoms with E-state index in [4.69, 9.17) is 38.1 Å². The molecular formula is C27H23Cl2N5O3. The molecule has 1 atom stereocenters. The molecule has 1 saturated heterocycles. The summed E-state index contributed by atoms with van der Waals surface area (Å²) in [5.41, 5.74) is 8.51. The van der Waals surface area contributed by atoms with E-state index >= 15 is 0 Å². The predicted octanol–water partition coefficient (Wildman–Crippen LogP) is 5.88. The van der Waals surface area contributed by atoms with Crippen molar-refractivity contribution in [1.82, 2.24) is 9.88 Å². The van der Waals surface area contributed by atoms with Gasteiger partial charge in [-0.1, -0.05) is 29.3 Å². The van der Waals surface area contributed by atoms with Crippen molar-refractivity contribution >= 4 is 51.4 Å². The Labute approximate surface area is 223 Å². The van der Waals surface area contributed by atoms with Crippen LogP contribution in [0.2, 0.25) is 10.0 Å². The van der Waals surface area contributed by atoms with Crippen molar-refractivity contribution in [2.45, 2.75) is 25.4 Å². The Balaban J connectivity index is 1.46. The lowest BCUT2D eigenvalue weighted by Gasteiger charge is -2.20. The first-order valence-electron chi connectivity index (χ1n) is 11.6. The lowest BCUT2D eigenvalue weighted by atomic mass is 10.1. The second kappa shape index (κ2) is 10.3. The summed E-state index contributed by atoms with van der Waals surface area (Å²) < 4.78 is 11.4. The number of halogens is 2. The number of anilines is 2. The SMILES string of the molecule is COc1cc(Nc2c(C#N)cnc3cc(-c4ccc(CN5CCC[C@@H]5C(N)=O)o4)ccc23)c(Cl)cc1Cl. The first-order valence-corrected chi connectivity index (χ1v) is 12.4. The normalized spacial score (nSPS) is 15.6. The van der Waals surface area contributed by atoms with Crippen LogP contribution in [0.1, 0.15) is 24.2 Å². The van der Waals surface area contributed by atoms with E-state index in [1.54, 1.807) is 12.1 Å². The number of carbonyl (C=O) groups excluding carboxylic acids is 1. The highest BCUT2D eigenvalue weighted by atomic mass is 35.5. The van der Waals surface area contributed by atoms with Gasteiger partial charge in [0.15, 0.2) is 0 Å². The molecule has 2 aromatic carbocycles. The monoisotopic (exact) mass is 535 g/mol. The summed E-state index contributed by atoms with van der Waals surface area (Å²) in [6.07, 6.45) is 3.22. The minimum Gasteiger partial charge on any atom is -0.495 e. The van der Waals surface area contributed by atoms with E-state index in [0.717, 1.165) is 36.1 Å². The maximum absolute atomic E-state index is 11.7. The molecule has 3 N–H and O–H groups in total. The zero-order valence-corrected chi connectivity index (χ0v) is 21.4. The zero-order chi connectivity index (χ0) is 26.1. The number of nitrogens with two attached hydrogens (primary N) is 1. The Hall–Kier alpha value is -3.77. The maximum Gasteiger partial charge on any atom is 0.234 e. The molecule has 0 aliphatic carbocycles. The van der Waals surface area contributed by atoms with Gasteiger partial charge in [-0.25, -0.2) is 0 Å². The number of benzene rings is 2. The molecule has 1 aliphatic rings. The highest BCUT2D eigenvalue weighted by Crippen LogP contribution is 2.38. The number of hydrogen-bond donors (Lipinski definition) is 2. The highest BCUT2D eigenvalue weighted by Gasteiger charge is 2.29. The number of likely N-dealkylation sites (tertiary alicyclic amines) is 1. The topological polar surface area (TPSA) is 117 Å². The molecule has 1 fully saturated rings. The van der Waals surface area contributed by atoms with E-state index in [0.29, 0.717) is 50.6 Å². The van der Waals surface area contributed by atoms with Gasteiger partial charge in [-0.15, -0.1) is 0 Å². The second-order valence-corrected chi connectivity index (χ2v) is 9.59. The Morgan fingerprint density at radius 2 is 2.11 bits per heavy atom. The minimum absolute atomic E-state index is 0.257. The number of fused-ring (bicyclic) bond motifs is 1. The van der Waals surface area contributed by atoms with Gasteiger partial charge in [0.2, 0.25) is 5.91 Å². The maximum atomic E-state index is 11.7. The summed E-state index contributed by atoms with van der Waals surface area (Å²) in [7, 11) is 1.52. The molecule has 8 nitrogen and oxygen atoms in total. The second-order valence-electron chi connectivity index (χ2n) is 8.78.